The van der Waals surface area contributed by atoms with E-state index in [1.54, 1.807) is 23.3 Å². The van der Waals surface area contributed by atoms with Gasteiger partial charge in [0.25, 0.3) is 0 Å². The summed E-state index contributed by atoms with van der Waals surface area (Å²) in [4.78, 5) is 20.7. The Bertz CT molecular complexity index is 1230. The van der Waals surface area contributed by atoms with Gasteiger partial charge in [-0.25, -0.2) is 9.50 Å². The number of hydrogen-bond donors (Lipinski definition) is 1. The minimum atomic E-state index is -0.176. The Morgan fingerprint density at radius 3 is 3.00 bits per heavy atom. The number of rotatable bonds is 6. The highest BCUT2D eigenvalue weighted by Crippen LogP contribution is 2.30. The molecule has 0 bridgehead atoms. The van der Waals surface area contributed by atoms with E-state index in [1.165, 1.54) is 6.26 Å². The number of nitrogens with one attached hydrogen (secondary N) is 1. The fraction of sp³-hybridized carbons (Fsp3) is 0.182. The van der Waals surface area contributed by atoms with Crippen LogP contribution >= 0.6 is 0 Å². The number of anilines is 1. The van der Waals surface area contributed by atoms with Gasteiger partial charge >= 0.3 is 0 Å². The Morgan fingerprint density at radius 1 is 1.23 bits per heavy atom. The summed E-state index contributed by atoms with van der Waals surface area (Å²) < 4.78 is 15.1. The highest BCUT2D eigenvalue weighted by molar-refractivity contribution is 5.89. The van der Waals surface area contributed by atoms with E-state index in [1.807, 2.05) is 41.1 Å². The number of imidazole rings is 1. The molecular weight excluding hydrogens is 396 g/mol. The van der Waals surface area contributed by atoms with Crippen molar-refractivity contribution in [1.82, 2.24) is 24.1 Å². The van der Waals surface area contributed by atoms with Crippen LogP contribution in [0.1, 0.15) is 25.0 Å². The van der Waals surface area contributed by atoms with Crippen molar-refractivity contribution in [2.45, 2.75) is 25.8 Å². The molecule has 4 heterocycles. The number of carbonyl (C=O) groups is 1. The summed E-state index contributed by atoms with van der Waals surface area (Å²) in [5, 5.41) is 7.19. The van der Waals surface area contributed by atoms with Crippen molar-refractivity contribution in [3.05, 3.63) is 84.7 Å². The minimum Gasteiger partial charge on any atom is -0.465 e. The molecule has 9 heteroatoms. The molecule has 0 spiro atoms. The predicted molar refractivity (Wildman–Crippen MR) is 113 cm³/mol. The van der Waals surface area contributed by atoms with Gasteiger partial charge in [0.05, 0.1) is 6.33 Å². The van der Waals surface area contributed by atoms with Gasteiger partial charge in [0.1, 0.15) is 18.2 Å². The van der Waals surface area contributed by atoms with Gasteiger partial charge in [-0.1, -0.05) is 24.3 Å². The van der Waals surface area contributed by atoms with Gasteiger partial charge in [0.15, 0.2) is 17.2 Å². The summed E-state index contributed by atoms with van der Waals surface area (Å²) in [6.07, 6.45) is 16.6. The van der Waals surface area contributed by atoms with E-state index < -0.39 is 0 Å². The van der Waals surface area contributed by atoms with E-state index >= 15 is 0 Å². The van der Waals surface area contributed by atoms with Crippen LogP contribution in [0.4, 0.5) is 5.95 Å². The van der Waals surface area contributed by atoms with Crippen LogP contribution in [0.5, 0.6) is 0 Å². The number of pyridine rings is 1. The van der Waals surface area contributed by atoms with Gasteiger partial charge in [-0.3, -0.25) is 10.1 Å². The highest BCUT2D eigenvalue weighted by atomic mass is 16.5. The largest absolute Gasteiger partial charge is 0.465 e. The minimum absolute atomic E-state index is 0.176. The van der Waals surface area contributed by atoms with Gasteiger partial charge in [-0.2, -0.15) is 4.98 Å². The molecule has 0 saturated carbocycles. The molecule has 0 fully saturated rings. The average Bonchev–Trinajstić information content (AvgIpc) is 3.47. The molecule has 0 aromatic carbocycles. The van der Waals surface area contributed by atoms with E-state index in [0.29, 0.717) is 35.8 Å². The number of ether oxygens (including phenoxy) is 2. The maximum atomic E-state index is 12.3. The van der Waals surface area contributed by atoms with Crippen molar-refractivity contribution in [3.8, 4) is 0 Å². The van der Waals surface area contributed by atoms with Crippen molar-refractivity contribution < 1.29 is 14.3 Å². The monoisotopic (exact) mass is 416 g/mol. The number of aromatic nitrogens is 5. The molecule has 156 valence electrons. The molecule has 0 radical (unpaired) electrons. The Balaban J connectivity index is 1.32. The summed E-state index contributed by atoms with van der Waals surface area (Å²) in [6, 6.07) is 5.53. The molecule has 1 aliphatic carbocycles. The van der Waals surface area contributed by atoms with Crippen LogP contribution in [-0.4, -0.2) is 30.1 Å². The van der Waals surface area contributed by atoms with Gasteiger partial charge in [-0.05, 0) is 30.5 Å². The lowest BCUT2D eigenvalue weighted by molar-refractivity contribution is -0.116. The van der Waals surface area contributed by atoms with E-state index in [9.17, 15) is 4.79 Å². The summed E-state index contributed by atoms with van der Waals surface area (Å²) in [7, 11) is 0. The second-order valence-electron chi connectivity index (χ2n) is 7.08. The van der Waals surface area contributed by atoms with E-state index in [-0.39, 0.29) is 11.9 Å². The fourth-order valence-electron chi connectivity index (χ4n) is 3.37. The molecule has 0 saturated heterocycles. The highest BCUT2D eigenvalue weighted by Gasteiger charge is 2.20. The molecule has 31 heavy (non-hydrogen) atoms. The Morgan fingerprint density at radius 2 is 2.16 bits per heavy atom. The van der Waals surface area contributed by atoms with Crippen LogP contribution in [0.3, 0.4) is 0 Å². The lowest BCUT2D eigenvalue weighted by atomic mass is 10.0. The number of hydrogen-bond acceptors (Lipinski definition) is 6. The molecule has 5 rings (SSSR count). The Kier molecular flexibility index (Phi) is 5.05. The zero-order chi connectivity index (χ0) is 21.0. The number of amides is 1. The first-order chi connectivity index (χ1) is 15.3. The lowest BCUT2D eigenvalue weighted by Gasteiger charge is -2.19. The standard InChI is InChI=1S/C22H20N6O3/c29-21(9-11-27-12-10-23-15-27)25-22-24-20-8-4-7-17(28(20)26-22)19-14-30-13-18(31-19)16-5-2-1-3-6-16/h1-2,4-5,7-8,10,12-15H,3,6,9,11H2,(H,25,26,29). The first kappa shape index (κ1) is 18.9. The number of carbonyl (C=O) groups excluding carboxylic acids is 1. The molecule has 0 unspecified atom stereocenters. The third kappa shape index (κ3) is 4.11. The fourth-order valence-corrected chi connectivity index (χ4v) is 3.37. The predicted octanol–water partition coefficient (Wildman–Crippen LogP) is 3.42. The normalized spacial score (nSPS) is 15.5. The smallest absolute Gasteiger partial charge is 0.249 e. The summed E-state index contributed by atoms with van der Waals surface area (Å²) >= 11 is 0. The first-order valence-corrected chi connectivity index (χ1v) is 9.98. The van der Waals surface area contributed by atoms with Crippen molar-refractivity contribution in [2.24, 2.45) is 0 Å². The van der Waals surface area contributed by atoms with Crippen molar-refractivity contribution in [3.63, 3.8) is 0 Å². The molecule has 0 atom stereocenters. The molecule has 1 N–H and O–H groups in total. The van der Waals surface area contributed by atoms with E-state index in [0.717, 1.165) is 18.4 Å². The van der Waals surface area contributed by atoms with Crippen LogP contribution in [0.25, 0.3) is 11.4 Å². The zero-order valence-corrected chi connectivity index (χ0v) is 16.6. The van der Waals surface area contributed by atoms with Gasteiger partial charge in [0.2, 0.25) is 11.9 Å². The van der Waals surface area contributed by atoms with Crippen molar-refractivity contribution in [2.75, 3.05) is 5.32 Å². The second kappa shape index (κ2) is 8.31. The maximum absolute atomic E-state index is 12.3. The summed E-state index contributed by atoms with van der Waals surface area (Å²) in [6.45, 7) is 0.530. The third-order valence-corrected chi connectivity index (χ3v) is 4.92. The molecule has 3 aromatic rings. The van der Waals surface area contributed by atoms with Crippen molar-refractivity contribution in [1.29, 1.82) is 0 Å². The van der Waals surface area contributed by atoms with Crippen molar-refractivity contribution >= 4 is 23.3 Å². The van der Waals surface area contributed by atoms with Crippen LogP contribution in [-0.2, 0) is 20.8 Å². The SMILES string of the molecule is O=C(CCn1ccnc1)Nc1nc2cccc(C3=COC=C(C4=CC=CCC4)O3)n2n1. The Labute approximate surface area is 178 Å². The zero-order valence-electron chi connectivity index (χ0n) is 16.6. The van der Waals surface area contributed by atoms with E-state index in [2.05, 4.69) is 26.5 Å². The van der Waals surface area contributed by atoms with Gasteiger partial charge < -0.3 is 14.0 Å². The molecule has 1 amide bonds. The molecule has 2 aliphatic rings. The topological polar surface area (TPSA) is 95.6 Å². The molecule has 3 aromatic heterocycles. The number of fused-ring (bicyclic) bond motifs is 1. The van der Waals surface area contributed by atoms with E-state index in [4.69, 9.17) is 9.47 Å². The number of nitrogens with zero attached hydrogens (tertiary/aromatic N) is 5. The second-order valence-corrected chi connectivity index (χ2v) is 7.08. The third-order valence-electron chi connectivity index (χ3n) is 4.92. The number of aryl methyl sites for hydroxylation is 1. The molecular formula is C22H20N6O3. The van der Waals surface area contributed by atoms with Crippen LogP contribution in [0, 0.1) is 0 Å². The summed E-state index contributed by atoms with van der Waals surface area (Å²) in [5.41, 5.74) is 2.33. The first-order valence-electron chi connectivity index (χ1n) is 9.98. The quantitative estimate of drug-likeness (QED) is 0.662. The Hall–Kier alpha value is -4.14. The van der Waals surface area contributed by atoms with Crippen LogP contribution < -0.4 is 5.32 Å². The van der Waals surface area contributed by atoms with Crippen LogP contribution in [0.2, 0.25) is 0 Å². The lowest BCUT2D eigenvalue weighted by Crippen LogP contribution is -2.15. The van der Waals surface area contributed by atoms with Gasteiger partial charge in [-0.15, -0.1) is 5.10 Å². The summed E-state index contributed by atoms with van der Waals surface area (Å²) in [5.74, 6) is 1.25. The average molecular weight is 416 g/mol. The molecule has 1 aliphatic heterocycles. The molecule has 9 nitrogen and oxygen atoms in total. The maximum Gasteiger partial charge on any atom is 0.249 e. The van der Waals surface area contributed by atoms with Crippen LogP contribution in [0.15, 0.2) is 79.0 Å². The number of allylic oxidation sites excluding steroid dienone is 4. The van der Waals surface area contributed by atoms with Gasteiger partial charge in [0, 0.05) is 25.4 Å².